The molecule has 13 heteroatoms. The summed E-state index contributed by atoms with van der Waals surface area (Å²) in [4.78, 5) is 69.8. The third-order valence-corrected chi connectivity index (χ3v) is 9.08. The Balaban J connectivity index is 1.66. The Morgan fingerprint density at radius 1 is 1.14 bits per heavy atom. The number of primary amides is 1. The van der Waals surface area contributed by atoms with Gasteiger partial charge in [0, 0.05) is 36.7 Å². The number of rotatable bonds is 5. The summed E-state index contributed by atoms with van der Waals surface area (Å²) < 4.78 is 42.1. The first-order valence-corrected chi connectivity index (χ1v) is 13.5. The highest BCUT2D eigenvalue weighted by molar-refractivity contribution is 6.32. The quantitative estimate of drug-likeness (QED) is 0.339. The van der Waals surface area contributed by atoms with Crippen LogP contribution in [0.5, 0.6) is 5.75 Å². The standard InChI is InChI=1S/C29H30F3N3O7/c1-34(2)21-16-10-12-8-14-15(20(30)27(31)32)9-13(11-35-6-4-3-5-7-35)22(36)18(14)23(37)17(12)25(39)29(16,42)26(40)19(24(21)38)28(33)41/h3-4,9,12,16-17,19,21,36,42H,5-8,10-11H2,1-2H3,(H2,33,41)/t12-,16-,17?,19?,21-,29-/m0/s1. The van der Waals surface area contributed by atoms with E-state index in [0.717, 1.165) is 6.07 Å². The minimum absolute atomic E-state index is 0.00955. The second-order valence-electron chi connectivity index (χ2n) is 11.6. The summed E-state index contributed by atoms with van der Waals surface area (Å²) in [6, 6.07) is -0.246. The molecule has 0 radical (unpaired) electrons. The Morgan fingerprint density at radius 3 is 2.40 bits per heavy atom. The number of benzene rings is 1. The number of phenolic OH excluding ortho intramolecular Hbond substituents is 1. The number of nitrogens with two attached hydrogens (primary N) is 1. The minimum Gasteiger partial charge on any atom is -0.507 e. The average molecular weight is 590 g/mol. The SMILES string of the molecule is CN(C)[C@@H]1C(=O)C(C(N)=O)C(=O)[C@@]2(O)C(=O)C3C(=O)c4c(O)c(CN5CC=CCC5)cc(C(F)=C(F)F)c4C[C@H]3C[C@@H]12. The zero-order valence-electron chi connectivity index (χ0n) is 22.9. The van der Waals surface area contributed by atoms with Crippen molar-refractivity contribution in [3.05, 3.63) is 46.6 Å². The molecule has 4 N–H and O–H groups in total. The predicted molar refractivity (Wildman–Crippen MR) is 141 cm³/mol. The molecule has 1 aromatic carbocycles. The van der Waals surface area contributed by atoms with E-state index in [1.807, 2.05) is 17.1 Å². The second-order valence-corrected chi connectivity index (χ2v) is 11.6. The van der Waals surface area contributed by atoms with Gasteiger partial charge in [0.1, 0.15) is 5.75 Å². The first-order chi connectivity index (χ1) is 19.7. The lowest BCUT2D eigenvalue weighted by Gasteiger charge is -2.52. The Hall–Kier alpha value is -3.68. The number of hydrogen-bond donors (Lipinski definition) is 3. The molecule has 4 aliphatic rings. The van der Waals surface area contributed by atoms with Crippen molar-refractivity contribution in [1.82, 2.24) is 9.80 Å². The number of hydrogen-bond acceptors (Lipinski definition) is 9. The van der Waals surface area contributed by atoms with E-state index in [9.17, 15) is 47.4 Å². The van der Waals surface area contributed by atoms with Crippen molar-refractivity contribution in [2.24, 2.45) is 29.4 Å². The maximum atomic E-state index is 14.9. The van der Waals surface area contributed by atoms with E-state index >= 15 is 0 Å². The number of amides is 1. The monoisotopic (exact) mass is 589 g/mol. The van der Waals surface area contributed by atoms with Crippen LogP contribution in [-0.2, 0) is 32.1 Å². The van der Waals surface area contributed by atoms with Gasteiger partial charge >= 0.3 is 6.08 Å². The molecule has 10 nitrogen and oxygen atoms in total. The minimum atomic E-state index is -2.93. The van der Waals surface area contributed by atoms with E-state index < -0.39 is 93.1 Å². The van der Waals surface area contributed by atoms with Gasteiger partial charge in [0.25, 0.3) is 0 Å². The third-order valence-electron chi connectivity index (χ3n) is 9.08. The molecule has 6 atom stereocenters. The Bertz CT molecular complexity index is 1480. The van der Waals surface area contributed by atoms with Gasteiger partial charge in [-0.3, -0.25) is 33.8 Å². The van der Waals surface area contributed by atoms with Gasteiger partial charge in [0.15, 0.2) is 40.5 Å². The van der Waals surface area contributed by atoms with Gasteiger partial charge in [-0.05, 0) is 50.9 Å². The highest BCUT2D eigenvalue weighted by atomic mass is 19.3. The normalized spacial score (nSPS) is 31.1. The van der Waals surface area contributed by atoms with E-state index in [-0.39, 0.29) is 30.5 Å². The molecule has 42 heavy (non-hydrogen) atoms. The number of fused-ring (bicyclic) bond motifs is 3. The molecule has 1 amide bonds. The van der Waals surface area contributed by atoms with Gasteiger partial charge in [0.05, 0.1) is 17.5 Å². The first kappa shape index (κ1) is 29.8. The molecular weight excluding hydrogens is 559 g/mol. The van der Waals surface area contributed by atoms with Crippen molar-refractivity contribution in [1.29, 1.82) is 0 Å². The molecule has 0 bridgehead atoms. The fourth-order valence-electron chi connectivity index (χ4n) is 7.22. The van der Waals surface area contributed by atoms with Gasteiger partial charge in [-0.25, -0.2) is 4.39 Å². The summed E-state index contributed by atoms with van der Waals surface area (Å²) in [7, 11) is 2.88. The summed E-state index contributed by atoms with van der Waals surface area (Å²) in [6.07, 6.45) is 1.24. The van der Waals surface area contributed by atoms with E-state index in [4.69, 9.17) is 5.73 Å². The first-order valence-electron chi connectivity index (χ1n) is 13.5. The van der Waals surface area contributed by atoms with Gasteiger partial charge in [-0.2, -0.15) is 8.78 Å². The smallest absolute Gasteiger partial charge is 0.306 e. The molecule has 1 aliphatic heterocycles. The molecule has 224 valence electrons. The molecular formula is C29H30F3N3O7. The van der Waals surface area contributed by atoms with Crippen LogP contribution in [0.3, 0.4) is 0 Å². The van der Waals surface area contributed by atoms with Crippen LogP contribution < -0.4 is 5.73 Å². The van der Waals surface area contributed by atoms with Crippen molar-refractivity contribution in [3.63, 3.8) is 0 Å². The number of Topliss-reactive ketones (excluding diaryl/α,β-unsaturated/α-hetero) is 4. The molecule has 2 unspecified atom stereocenters. The highest BCUT2D eigenvalue weighted by Crippen LogP contribution is 2.52. The summed E-state index contributed by atoms with van der Waals surface area (Å²) in [6.45, 7) is 1.01. The van der Waals surface area contributed by atoms with Crippen LogP contribution in [0.2, 0.25) is 0 Å². The largest absolute Gasteiger partial charge is 0.507 e. The van der Waals surface area contributed by atoms with Crippen LogP contribution in [0, 0.1) is 23.7 Å². The summed E-state index contributed by atoms with van der Waals surface area (Å²) in [5.41, 5.74) is 1.02. The second kappa shape index (κ2) is 10.5. The van der Waals surface area contributed by atoms with E-state index in [2.05, 4.69) is 0 Å². The zero-order valence-corrected chi connectivity index (χ0v) is 22.9. The zero-order chi connectivity index (χ0) is 30.8. The number of carbonyl (C=O) groups excluding carboxylic acids is 5. The van der Waals surface area contributed by atoms with E-state index in [0.29, 0.717) is 19.5 Å². The molecule has 0 aromatic heterocycles. The Morgan fingerprint density at radius 2 is 1.83 bits per heavy atom. The topological polar surface area (TPSA) is 158 Å². The van der Waals surface area contributed by atoms with Crippen LogP contribution in [0.25, 0.3) is 5.83 Å². The van der Waals surface area contributed by atoms with Crippen molar-refractivity contribution in [2.45, 2.75) is 37.5 Å². The summed E-state index contributed by atoms with van der Waals surface area (Å²) in [5, 5.41) is 22.9. The van der Waals surface area contributed by atoms with Crippen molar-refractivity contribution < 1.29 is 47.4 Å². The van der Waals surface area contributed by atoms with E-state index in [1.54, 1.807) is 0 Å². The predicted octanol–water partition coefficient (Wildman–Crippen LogP) is 1.16. The number of likely N-dealkylation sites (N-methyl/N-ethyl adjacent to an activating group) is 1. The number of nitrogens with zero attached hydrogens (tertiary/aromatic N) is 2. The highest BCUT2D eigenvalue weighted by Gasteiger charge is 2.69. The van der Waals surface area contributed by atoms with Crippen molar-refractivity contribution >= 4 is 34.9 Å². The number of phenols is 1. The van der Waals surface area contributed by atoms with Gasteiger partial charge < -0.3 is 15.9 Å². The van der Waals surface area contributed by atoms with Crippen molar-refractivity contribution in [3.8, 4) is 5.75 Å². The fourth-order valence-corrected chi connectivity index (χ4v) is 7.22. The summed E-state index contributed by atoms with van der Waals surface area (Å²) >= 11 is 0. The number of aromatic hydroxyl groups is 1. The van der Waals surface area contributed by atoms with Crippen LogP contribution in [-0.4, -0.2) is 87.9 Å². The molecule has 1 heterocycles. The molecule has 0 spiro atoms. The van der Waals surface area contributed by atoms with Crippen molar-refractivity contribution in [2.75, 3.05) is 27.2 Å². The number of ketones is 4. The lowest BCUT2D eigenvalue weighted by molar-refractivity contribution is -0.181. The lowest BCUT2D eigenvalue weighted by Crippen LogP contribution is -2.74. The molecule has 5 rings (SSSR count). The van der Waals surface area contributed by atoms with Gasteiger partial charge in [-0.1, -0.05) is 12.2 Å². The maximum absolute atomic E-state index is 14.9. The lowest BCUT2D eigenvalue weighted by atomic mass is 9.52. The maximum Gasteiger partial charge on any atom is 0.306 e. The Kier molecular flexibility index (Phi) is 7.48. The van der Waals surface area contributed by atoms with Crippen LogP contribution in [0.1, 0.15) is 39.9 Å². The molecule has 2 fully saturated rings. The molecule has 3 aliphatic carbocycles. The Labute approximate surface area is 238 Å². The van der Waals surface area contributed by atoms with Crippen LogP contribution in [0.4, 0.5) is 13.2 Å². The molecule has 1 aromatic rings. The average Bonchev–Trinajstić information content (AvgIpc) is 2.92. The molecule has 0 saturated heterocycles. The number of aliphatic hydroxyl groups is 1. The van der Waals surface area contributed by atoms with Gasteiger partial charge in [0.2, 0.25) is 5.91 Å². The van der Waals surface area contributed by atoms with Crippen LogP contribution >= 0.6 is 0 Å². The third kappa shape index (κ3) is 4.33. The summed E-state index contributed by atoms with van der Waals surface area (Å²) in [5.74, 6) is -14.8. The van der Waals surface area contributed by atoms with E-state index in [1.165, 1.54) is 19.0 Å². The van der Waals surface area contributed by atoms with Gasteiger partial charge in [-0.15, -0.1) is 0 Å². The fraction of sp³-hybridized carbons (Fsp3) is 0.483. The number of carbonyl (C=O) groups is 5. The molecule has 2 saturated carbocycles. The van der Waals surface area contributed by atoms with Crippen LogP contribution in [0.15, 0.2) is 24.3 Å². The number of halogens is 3.